The Balaban J connectivity index is 0.00000288. The minimum absolute atomic E-state index is 0. The molecule has 0 saturated carbocycles. The zero-order chi connectivity index (χ0) is 16.7. The number of nitrogens with zero attached hydrogens (tertiary/aromatic N) is 3. The molecule has 0 radical (unpaired) electrons. The molecule has 24 heavy (non-hydrogen) atoms. The Morgan fingerprint density at radius 1 is 1.17 bits per heavy atom. The van der Waals surface area contributed by atoms with Crippen LogP contribution in [0.3, 0.4) is 0 Å². The minimum Gasteiger partial charge on any atom is -0.361 e. The summed E-state index contributed by atoms with van der Waals surface area (Å²) in [4.78, 5) is 8.81. The summed E-state index contributed by atoms with van der Waals surface area (Å²) in [5.74, 6) is 1.69. The fraction of sp³-hybridized carbons (Fsp3) is 0.562. The molecule has 0 aliphatic rings. The molecule has 8 heteroatoms. The highest BCUT2D eigenvalue weighted by Crippen LogP contribution is 2.15. The fourth-order valence-electron chi connectivity index (χ4n) is 2.30. The number of aromatic nitrogens is 2. The van der Waals surface area contributed by atoms with Gasteiger partial charge in [-0.3, -0.25) is 4.99 Å². The zero-order valence-corrected chi connectivity index (χ0v) is 17.8. The molecule has 0 aromatic carbocycles. The molecule has 0 unspecified atom stereocenters. The summed E-state index contributed by atoms with van der Waals surface area (Å²) in [7, 11) is 1.77. The van der Waals surface area contributed by atoms with Crippen molar-refractivity contribution < 1.29 is 4.52 Å². The van der Waals surface area contributed by atoms with Gasteiger partial charge in [0, 0.05) is 31.0 Å². The van der Waals surface area contributed by atoms with Gasteiger partial charge in [0.25, 0.3) is 0 Å². The Labute approximate surface area is 164 Å². The Kier molecular flexibility index (Phi) is 9.27. The molecule has 2 aromatic rings. The van der Waals surface area contributed by atoms with Crippen molar-refractivity contribution >= 4 is 41.3 Å². The summed E-state index contributed by atoms with van der Waals surface area (Å²) < 4.78 is 5.39. The average molecular weight is 463 g/mol. The Morgan fingerprint density at radius 2 is 1.92 bits per heavy atom. The summed E-state index contributed by atoms with van der Waals surface area (Å²) in [5.41, 5.74) is 3.19. The molecule has 134 valence electrons. The fourth-order valence-corrected chi connectivity index (χ4v) is 3.04. The summed E-state index contributed by atoms with van der Waals surface area (Å²) >= 11 is 1.70. The molecule has 2 aromatic heterocycles. The van der Waals surface area contributed by atoms with Crippen LogP contribution in [0.1, 0.15) is 48.5 Å². The lowest BCUT2D eigenvalue weighted by Gasteiger charge is -2.11. The Hall–Kier alpha value is -1.16. The predicted octanol–water partition coefficient (Wildman–Crippen LogP) is 3.30. The van der Waals surface area contributed by atoms with Crippen molar-refractivity contribution in [3.8, 4) is 0 Å². The van der Waals surface area contributed by atoms with Crippen LogP contribution in [0.4, 0.5) is 0 Å². The number of nitrogens with one attached hydrogen (secondary N) is 2. The van der Waals surface area contributed by atoms with E-state index in [-0.39, 0.29) is 24.0 Å². The topological polar surface area (TPSA) is 75.3 Å². The van der Waals surface area contributed by atoms with Gasteiger partial charge in [0.05, 0.1) is 22.9 Å². The summed E-state index contributed by atoms with van der Waals surface area (Å²) in [6.07, 6.45) is 2.69. The second-order valence-electron chi connectivity index (χ2n) is 5.10. The standard InChI is InChI=1S/C16H25N5OS.HI/c1-5-13-12(14(6-2)22-21-13)9-19-16(17-4)18-8-11-10-23-15(7-3)20-11;/h10H,5-9H2,1-4H3,(H2,17,18,19);1H. The maximum atomic E-state index is 5.39. The van der Waals surface area contributed by atoms with Crippen molar-refractivity contribution in [1.82, 2.24) is 20.8 Å². The number of aliphatic imine (C=N–C) groups is 1. The van der Waals surface area contributed by atoms with E-state index in [0.29, 0.717) is 13.1 Å². The average Bonchev–Trinajstić information content (AvgIpc) is 3.20. The third-order valence-electron chi connectivity index (χ3n) is 3.60. The number of rotatable bonds is 7. The zero-order valence-electron chi connectivity index (χ0n) is 14.7. The quantitative estimate of drug-likeness (QED) is 0.375. The Morgan fingerprint density at radius 3 is 2.50 bits per heavy atom. The van der Waals surface area contributed by atoms with Crippen LogP contribution in [0.5, 0.6) is 0 Å². The van der Waals surface area contributed by atoms with Gasteiger partial charge in [-0.1, -0.05) is 25.9 Å². The van der Waals surface area contributed by atoms with Crippen molar-refractivity contribution in [2.75, 3.05) is 7.05 Å². The van der Waals surface area contributed by atoms with Gasteiger partial charge in [0.2, 0.25) is 0 Å². The first-order valence-electron chi connectivity index (χ1n) is 8.05. The third-order valence-corrected chi connectivity index (χ3v) is 4.64. The van der Waals surface area contributed by atoms with Gasteiger partial charge < -0.3 is 15.2 Å². The molecule has 2 N–H and O–H groups in total. The lowest BCUT2D eigenvalue weighted by molar-refractivity contribution is 0.380. The van der Waals surface area contributed by atoms with Gasteiger partial charge in [0.15, 0.2) is 5.96 Å². The molecule has 2 heterocycles. The van der Waals surface area contributed by atoms with E-state index in [1.54, 1.807) is 18.4 Å². The molecule has 0 aliphatic carbocycles. The molecule has 0 bridgehead atoms. The molecule has 0 amide bonds. The van der Waals surface area contributed by atoms with E-state index < -0.39 is 0 Å². The third kappa shape index (κ3) is 5.44. The predicted molar refractivity (Wildman–Crippen MR) is 109 cm³/mol. The van der Waals surface area contributed by atoms with Crippen LogP contribution in [0.2, 0.25) is 0 Å². The molecule has 0 fully saturated rings. The van der Waals surface area contributed by atoms with Gasteiger partial charge in [0.1, 0.15) is 5.76 Å². The van der Waals surface area contributed by atoms with E-state index in [1.165, 1.54) is 0 Å². The van der Waals surface area contributed by atoms with E-state index in [4.69, 9.17) is 4.52 Å². The smallest absolute Gasteiger partial charge is 0.191 e. The van der Waals surface area contributed by atoms with Crippen molar-refractivity contribution in [3.63, 3.8) is 0 Å². The van der Waals surface area contributed by atoms with Crippen LogP contribution < -0.4 is 10.6 Å². The van der Waals surface area contributed by atoms with E-state index in [2.05, 4.69) is 51.9 Å². The lowest BCUT2D eigenvalue weighted by Crippen LogP contribution is -2.36. The highest BCUT2D eigenvalue weighted by atomic mass is 127. The highest BCUT2D eigenvalue weighted by Gasteiger charge is 2.13. The first kappa shape index (κ1) is 20.9. The van der Waals surface area contributed by atoms with Crippen LogP contribution in [0.15, 0.2) is 14.9 Å². The first-order chi connectivity index (χ1) is 11.2. The van der Waals surface area contributed by atoms with Crippen LogP contribution in [0.25, 0.3) is 0 Å². The number of guanidine groups is 1. The molecule has 0 spiro atoms. The van der Waals surface area contributed by atoms with Crippen molar-refractivity contribution in [2.24, 2.45) is 4.99 Å². The van der Waals surface area contributed by atoms with Crippen molar-refractivity contribution in [1.29, 1.82) is 0 Å². The second kappa shape index (κ2) is 10.7. The van der Waals surface area contributed by atoms with Gasteiger partial charge >= 0.3 is 0 Å². The van der Waals surface area contributed by atoms with Crippen LogP contribution in [0, 0.1) is 0 Å². The maximum Gasteiger partial charge on any atom is 0.191 e. The van der Waals surface area contributed by atoms with Gasteiger partial charge in [-0.15, -0.1) is 35.3 Å². The maximum absolute atomic E-state index is 5.39. The molecule has 0 saturated heterocycles. The van der Waals surface area contributed by atoms with Crippen LogP contribution in [-0.2, 0) is 32.4 Å². The summed E-state index contributed by atoms with van der Waals surface area (Å²) in [5, 5.41) is 14.0. The van der Waals surface area contributed by atoms with Gasteiger partial charge in [-0.25, -0.2) is 4.98 Å². The highest BCUT2D eigenvalue weighted by molar-refractivity contribution is 14.0. The van der Waals surface area contributed by atoms with Crippen LogP contribution >= 0.6 is 35.3 Å². The molecular weight excluding hydrogens is 437 g/mol. The van der Waals surface area contributed by atoms with E-state index >= 15 is 0 Å². The van der Waals surface area contributed by atoms with Gasteiger partial charge in [-0.2, -0.15) is 0 Å². The first-order valence-corrected chi connectivity index (χ1v) is 8.93. The van der Waals surface area contributed by atoms with Gasteiger partial charge in [-0.05, 0) is 12.8 Å². The molecule has 2 rings (SSSR count). The lowest BCUT2D eigenvalue weighted by atomic mass is 10.1. The molecular formula is C16H26IN5OS. The van der Waals surface area contributed by atoms with Crippen molar-refractivity contribution in [3.05, 3.63) is 33.1 Å². The monoisotopic (exact) mass is 463 g/mol. The number of halogens is 1. The largest absolute Gasteiger partial charge is 0.361 e. The second-order valence-corrected chi connectivity index (χ2v) is 6.05. The molecule has 0 atom stereocenters. The minimum atomic E-state index is 0. The SMILES string of the molecule is CCc1nc(CNC(=NC)NCc2c(CC)noc2CC)cs1.I. The summed E-state index contributed by atoms with van der Waals surface area (Å²) in [6, 6.07) is 0. The number of thiazole rings is 1. The molecule has 0 aliphatic heterocycles. The number of hydrogen-bond acceptors (Lipinski definition) is 5. The van der Waals surface area contributed by atoms with Crippen LogP contribution in [-0.4, -0.2) is 23.1 Å². The normalized spacial score (nSPS) is 11.2. The van der Waals surface area contributed by atoms with E-state index in [1.807, 2.05) is 0 Å². The van der Waals surface area contributed by atoms with E-state index in [0.717, 1.165) is 52.9 Å². The number of hydrogen-bond donors (Lipinski definition) is 2. The Bertz CT molecular complexity index is 631. The van der Waals surface area contributed by atoms with Crippen molar-refractivity contribution in [2.45, 2.75) is 53.1 Å². The number of aryl methyl sites for hydroxylation is 3. The summed E-state index contributed by atoms with van der Waals surface area (Å²) in [6.45, 7) is 7.60. The molecule has 6 nitrogen and oxygen atoms in total. The van der Waals surface area contributed by atoms with E-state index in [9.17, 15) is 0 Å².